The van der Waals surface area contributed by atoms with Gasteiger partial charge in [-0.1, -0.05) is 57.9 Å². The van der Waals surface area contributed by atoms with E-state index in [2.05, 4.69) is 38.6 Å². The molecule has 0 radical (unpaired) electrons. The number of amides is 1. The Balaban J connectivity index is 1.29. The molecule has 1 amide bonds. The predicted molar refractivity (Wildman–Crippen MR) is 145 cm³/mol. The summed E-state index contributed by atoms with van der Waals surface area (Å²) in [6, 6.07) is 21.0. The van der Waals surface area contributed by atoms with Crippen LogP contribution < -0.4 is 14.9 Å². The molecule has 0 atom stereocenters. The third kappa shape index (κ3) is 7.18. The third-order valence-electron chi connectivity index (χ3n) is 4.85. The molecule has 0 aliphatic carbocycles. The first-order valence-corrected chi connectivity index (χ1v) is 13.8. The van der Waals surface area contributed by atoms with E-state index in [0.29, 0.717) is 33.3 Å². The fourth-order valence-corrected chi connectivity index (χ4v) is 6.58. The Morgan fingerprint density at radius 2 is 1.85 bits per heavy atom. The number of ether oxygens (including phenoxy) is 2. The van der Waals surface area contributed by atoms with E-state index < -0.39 is 0 Å². The highest BCUT2D eigenvalue weighted by Crippen LogP contribution is 2.45. The summed E-state index contributed by atoms with van der Waals surface area (Å²) in [6.45, 7) is 0.192. The van der Waals surface area contributed by atoms with E-state index in [0.717, 1.165) is 10.0 Å². The van der Waals surface area contributed by atoms with Crippen LogP contribution in [0.15, 0.2) is 76.3 Å². The Hall–Kier alpha value is -2.13. The third-order valence-corrected chi connectivity index (χ3v) is 8.82. The topological polar surface area (TPSA) is 59.9 Å². The Labute approximate surface area is 220 Å². The minimum atomic E-state index is -0.351. The van der Waals surface area contributed by atoms with Gasteiger partial charge < -0.3 is 9.47 Å². The van der Waals surface area contributed by atoms with E-state index in [-0.39, 0.29) is 12.5 Å². The molecule has 0 aromatic heterocycles. The van der Waals surface area contributed by atoms with Gasteiger partial charge in [0.05, 0.1) is 10.8 Å². The van der Waals surface area contributed by atoms with E-state index >= 15 is 0 Å². The quantitative estimate of drug-likeness (QED) is 0.227. The summed E-state index contributed by atoms with van der Waals surface area (Å²) >= 11 is 13.6. The van der Waals surface area contributed by atoms with Gasteiger partial charge in [-0.05, 0) is 42.0 Å². The van der Waals surface area contributed by atoms with Crippen molar-refractivity contribution in [1.82, 2.24) is 5.43 Å². The number of hydrazone groups is 1. The zero-order chi connectivity index (χ0) is 23.8. The standard InChI is InChI=1S/C25H22BrClN2O3S2/c26-20-7-10-23(32-15-18-3-1-2-4-22(18)27)19(13-20)14-28-29-24(30)16-31-21-8-5-17(6-9-21)25-33-11-12-34-25/h1-10,13-14,25H,11-12,15-16H2,(H,29,30)/b28-14-. The van der Waals surface area contributed by atoms with Gasteiger partial charge in [-0.3, -0.25) is 4.79 Å². The number of halogens is 2. The van der Waals surface area contributed by atoms with Gasteiger partial charge in [0.2, 0.25) is 0 Å². The molecule has 5 nitrogen and oxygen atoms in total. The van der Waals surface area contributed by atoms with E-state index in [4.69, 9.17) is 21.1 Å². The second kappa shape index (κ2) is 12.5. The highest BCUT2D eigenvalue weighted by Gasteiger charge is 2.18. The summed E-state index contributed by atoms with van der Waals surface area (Å²) < 4.78 is 12.9. The number of hydrogen-bond acceptors (Lipinski definition) is 6. The molecular weight excluding hydrogens is 556 g/mol. The average Bonchev–Trinajstić information content (AvgIpc) is 3.39. The van der Waals surface area contributed by atoms with E-state index in [1.165, 1.54) is 23.3 Å². The molecule has 1 aliphatic rings. The van der Waals surface area contributed by atoms with Gasteiger partial charge >= 0.3 is 0 Å². The van der Waals surface area contributed by atoms with Crippen LogP contribution in [-0.4, -0.2) is 30.2 Å². The lowest BCUT2D eigenvalue weighted by Crippen LogP contribution is -2.24. The molecule has 3 aromatic rings. The number of carbonyl (C=O) groups excluding carboxylic acids is 1. The summed E-state index contributed by atoms with van der Waals surface area (Å²) in [5, 5.41) is 4.70. The molecule has 34 heavy (non-hydrogen) atoms. The molecule has 3 aromatic carbocycles. The molecule has 1 saturated heterocycles. The Morgan fingerprint density at radius 3 is 2.62 bits per heavy atom. The van der Waals surface area contributed by atoms with Crippen LogP contribution in [0.5, 0.6) is 11.5 Å². The van der Waals surface area contributed by atoms with Crippen molar-refractivity contribution in [3.63, 3.8) is 0 Å². The molecule has 176 valence electrons. The summed E-state index contributed by atoms with van der Waals surface area (Å²) in [4.78, 5) is 12.2. The van der Waals surface area contributed by atoms with Crippen LogP contribution in [0, 0.1) is 0 Å². The Morgan fingerprint density at radius 1 is 1.09 bits per heavy atom. The number of rotatable bonds is 9. The van der Waals surface area contributed by atoms with Gasteiger partial charge in [0.1, 0.15) is 18.1 Å². The van der Waals surface area contributed by atoms with Gasteiger partial charge in [0.15, 0.2) is 6.61 Å². The largest absolute Gasteiger partial charge is 0.488 e. The molecule has 0 saturated carbocycles. The zero-order valence-corrected chi connectivity index (χ0v) is 22.1. The van der Waals surface area contributed by atoms with Crippen molar-refractivity contribution in [3.05, 3.63) is 92.9 Å². The smallest absolute Gasteiger partial charge is 0.277 e. The van der Waals surface area contributed by atoms with E-state index in [1.54, 1.807) is 0 Å². The highest BCUT2D eigenvalue weighted by atomic mass is 79.9. The maximum Gasteiger partial charge on any atom is 0.277 e. The fourth-order valence-electron chi connectivity index (χ4n) is 3.15. The number of thioether (sulfide) groups is 2. The van der Waals surface area contributed by atoms with Gasteiger partial charge in [0.25, 0.3) is 5.91 Å². The average molecular weight is 578 g/mol. The monoisotopic (exact) mass is 576 g/mol. The number of nitrogens with zero attached hydrogens (tertiary/aromatic N) is 1. The first-order chi connectivity index (χ1) is 16.6. The van der Waals surface area contributed by atoms with Gasteiger partial charge in [-0.2, -0.15) is 5.10 Å². The predicted octanol–water partition coefficient (Wildman–Crippen LogP) is 6.69. The molecule has 1 aliphatic heterocycles. The summed E-state index contributed by atoms with van der Waals surface area (Å²) in [5.41, 5.74) is 5.36. The van der Waals surface area contributed by atoms with Crippen LogP contribution in [0.3, 0.4) is 0 Å². The lowest BCUT2D eigenvalue weighted by atomic mass is 10.2. The van der Waals surface area contributed by atoms with Crippen molar-refractivity contribution in [3.8, 4) is 11.5 Å². The molecule has 0 spiro atoms. The van der Waals surface area contributed by atoms with Crippen molar-refractivity contribution >= 4 is 63.2 Å². The molecule has 0 unspecified atom stereocenters. The lowest BCUT2D eigenvalue weighted by molar-refractivity contribution is -0.123. The number of nitrogens with one attached hydrogen (secondary N) is 1. The normalized spacial score (nSPS) is 13.8. The van der Waals surface area contributed by atoms with Crippen molar-refractivity contribution in [2.45, 2.75) is 11.2 Å². The molecule has 1 heterocycles. The second-order valence-corrected chi connectivity index (χ2v) is 11.3. The van der Waals surface area contributed by atoms with Crippen molar-refractivity contribution in [2.75, 3.05) is 18.1 Å². The van der Waals surface area contributed by atoms with Crippen LogP contribution >= 0.6 is 51.1 Å². The lowest BCUT2D eigenvalue weighted by Gasteiger charge is -2.11. The van der Waals surface area contributed by atoms with Crippen molar-refractivity contribution in [1.29, 1.82) is 0 Å². The minimum Gasteiger partial charge on any atom is -0.488 e. The van der Waals surface area contributed by atoms with E-state index in [9.17, 15) is 4.79 Å². The summed E-state index contributed by atoms with van der Waals surface area (Å²) in [5.74, 6) is 3.29. The van der Waals surface area contributed by atoms with Crippen LogP contribution in [0.25, 0.3) is 0 Å². The van der Waals surface area contributed by atoms with Gasteiger partial charge in [0, 0.05) is 32.1 Å². The van der Waals surface area contributed by atoms with Gasteiger partial charge in [-0.15, -0.1) is 23.5 Å². The van der Waals surface area contributed by atoms with Gasteiger partial charge in [-0.25, -0.2) is 5.43 Å². The molecule has 1 N–H and O–H groups in total. The molecule has 4 rings (SSSR count). The first-order valence-electron chi connectivity index (χ1n) is 10.5. The van der Waals surface area contributed by atoms with Crippen LogP contribution in [0.2, 0.25) is 5.02 Å². The SMILES string of the molecule is O=C(COc1ccc(C2SCCS2)cc1)N/N=C\c1cc(Br)ccc1OCc1ccccc1Cl. The van der Waals surface area contributed by atoms with Crippen molar-refractivity contribution in [2.24, 2.45) is 5.10 Å². The summed E-state index contributed by atoms with van der Waals surface area (Å²) in [6.07, 6.45) is 1.54. The minimum absolute atomic E-state index is 0.127. The maximum atomic E-state index is 12.2. The van der Waals surface area contributed by atoms with Crippen molar-refractivity contribution < 1.29 is 14.3 Å². The van der Waals surface area contributed by atoms with Crippen LogP contribution in [0.4, 0.5) is 0 Å². The fraction of sp³-hybridized carbons (Fsp3) is 0.200. The van der Waals surface area contributed by atoms with Crippen LogP contribution in [0.1, 0.15) is 21.3 Å². The maximum absolute atomic E-state index is 12.2. The molecule has 9 heteroatoms. The molecule has 1 fully saturated rings. The molecular formula is C25H22BrClN2O3S2. The number of hydrogen-bond donors (Lipinski definition) is 1. The first kappa shape index (κ1) is 25.0. The van der Waals surface area contributed by atoms with E-state index in [1.807, 2.05) is 78.1 Å². The Bertz CT molecular complexity index is 1160. The van der Waals surface area contributed by atoms with Crippen LogP contribution in [-0.2, 0) is 11.4 Å². The summed E-state index contributed by atoms with van der Waals surface area (Å²) in [7, 11) is 0. The number of carbonyl (C=O) groups is 1. The highest BCUT2D eigenvalue weighted by molar-refractivity contribution is 9.10. The zero-order valence-electron chi connectivity index (χ0n) is 18.1. The second-order valence-electron chi connectivity index (χ2n) is 7.29. The number of benzene rings is 3. The molecule has 0 bridgehead atoms. The Kier molecular flexibility index (Phi) is 9.21.